The maximum absolute atomic E-state index is 13.2. The van der Waals surface area contributed by atoms with Gasteiger partial charge in [0.25, 0.3) is 0 Å². The molecule has 0 radical (unpaired) electrons. The van der Waals surface area contributed by atoms with Crippen molar-refractivity contribution in [1.82, 2.24) is 5.32 Å². The Kier molecular flexibility index (Phi) is 4.93. The first-order valence-corrected chi connectivity index (χ1v) is 7.12. The summed E-state index contributed by atoms with van der Waals surface area (Å²) in [6.07, 6.45) is 6.66. The molecule has 1 aromatic carbocycles. The van der Waals surface area contributed by atoms with Gasteiger partial charge in [-0.2, -0.15) is 5.26 Å². The van der Waals surface area contributed by atoms with Crippen molar-refractivity contribution in [2.45, 2.75) is 51.6 Å². The predicted molar refractivity (Wildman–Crippen MR) is 74.0 cm³/mol. The van der Waals surface area contributed by atoms with E-state index in [1.54, 1.807) is 12.1 Å². The molecule has 1 aliphatic carbocycles. The van der Waals surface area contributed by atoms with E-state index in [-0.39, 0.29) is 5.56 Å². The lowest BCUT2D eigenvalue weighted by Crippen LogP contribution is -2.34. The van der Waals surface area contributed by atoms with Crippen molar-refractivity contribution < 1.29 is 4.39 Å². The molecule has 1 atom stereocenters. The van der Waals surface area contributed by atoms with Crippen LogP contribution < -0.4 is 5.32 Å². The third-order valence-electron chi connectivity index (χ3n) is 4.14. The highest BCUT2D eigenvalue weighted by Gasteiger charge is 2.19. The molecule has 0 saturated heterocycles. The molecular weight excluding hydrogens is 239 g/mol. The van der Waals surface area contributed by atoms with E-state index in [0.29, 0.717) is 12.6 Å². The Morgan fingerprint density at radius 2 is 2.11 bits per heavy atom. The van der Waals surface area contributed by atoms with Gasteiger partial charge in [0.05, 0.1) is 5.56 Å². The summed E-state index contributed by atoms with van der Waals surface area (Å²) in [5.74, 6) is 0.316. The number of hydrogen-bond acceptors (Lipinski definition) is 2. The maximum atomic E-state index is 13.2. The van der Waals surface area contributed by atoms with Crippen LogP contribution >= 0.6 is 0 Å². The average Bonchev–Trinajstić information content (AvgIpc) is 2.47. The highest BCUT2D eigenvalue weighted by Crippen LogP contribution is 2.26. The van der Waals surface area contributed by atoms with Crippen LogP contribution in [0.1, 0.15) is 50.2 Å². The molecule has 3 heteroatoms. The van der Waals surface area contributed by atoms with Crippen molar-refractivity contribution in [3.8, 4) is 6.07 Å². The molecule has 2 nitrogen and oxygen atoms in total. The molecule has 0 heterocycles. The summed E-state index contributed by atoms with van der Waals surface area (Å²) >= 11 is 0. The van der Waals surface area contributed by atoms with Crippen LogP contribution in [0.25, 0.3) is 0 Å². The zero-order valence-electron chi connectivity index (χ0n) is 11.5. The summed E-state index contributed by atoms with van der Waals surface area (Å²) in [6, 6.07) is 7.12. The van der Waals surface area contributed by atoms with Crippen LogP contribution in [0.5, 0.6) is 0 Å². The number of nitriles is 1. The van der Waals surface area contributed by atoms with E-state index in [0.717, 1.165) is 11.5 Å². The van der Waals surface area contributed by atoms with Crippen LogP contribution in [0.15, 0.2) is 18.2 Å². The fraction of sp³-hybridized carbons (Fsp3) is 0.562. The smallest absolute Gasteiger partial charge is 0.140 e. The number of hydrogen-bond donors (Lipinski definition) is 1. The number of nitrogens with one attached hydrogen (secondary N) is 1. The van der Waals surface area contributed by atoms with Gasteiger partial charge in [-0.25, -0.2) is 4.39 Å². The minimum atomic E-state index is -0.438. The molecule has 1 fully saturated rings. The molecule has 1 N–H and O–H groups in total. The Bertz CT molecular complexity index is 458. The van der Waals surface area contributed by atoms with E-state index in [1.807, 2.05) is 6.07 Å². The normalized spacial score (nSPS) is 17.9. The molecule has 0 aliphatic heterocycles. The van der Waals surface area contributed by atoms with Crippen molar-refractivity contribution in [2.24, 2.45) is 5.92 Å². The van der Waals surface area contributed by atoms with Gasteiger partial charge in [0.2, 0.25) is 0 Å². The Morgan fingerprint density at radius 3 is 2.79 bits per heavy atom. The molecule has 1 aromatic rings. The molecule has 0 aromatic heterocycles. The van der Waals surface area contributed by atoms with E-state index < -0.39 is 5.82 Å². The molecule has 0 unspecified atom stereocenters. The first-order chi connectivity index (χ1) is 9.20. The van der Waals surface area contributed by atoms with Crippen molar-refractivity contribution in [2.75, 3.05) is 0 Å². The molecule has 0 spiro atoms. The minimum Gasteiger partial charge on any atom is -0.310 e. The highest BCUT2D eigenvalue weighted by molar-refractivity contribution is 5.34. The first-order valence-electron chi connectivity index (χ1n) is 7.12. The standard InChI is InChI=1S/C16H21FN2/c1-12(14-5-3-2-4-6-14)19-11-13-7-8-16(17)15(9-13)10-18/h7-9,12,14,19H,2-6,11H2,1H3/t12-/m0/s1. The van der Waals surface area contributed by atoms with Gasteiger partial charge in [0, 0.05) is 12.6 Å². The van der Waals surface area contributed by atoms with Crippen molar-refractivity contribution in [3.05, 3.63) is 35.1 Å². The lowest BCUT2D eigenvalue weighted by atomic mass is 9.84. The Labute approximate surface area is 114 Å². The quantitative estimate of drug-likeness (QED) is 0.894. The van der Waals surface area contributed by atoms with Gasteiger partial charge in [-0.1, -0.05) is 25.3 Å². The number of rotatable bonds is 4. The number of benzene rings is 1. The minimum absolute atomic E-state index is 0.129. The molecule has 102 valence electrons. The summed E-state index contributed by atoms with van der Waals surface area (Å²) in [6.45, 7) is 2.93. The molecule has 19 heavy (non-hydrogen) atoms. The third kappa shape index (κ3) is 3.78. The van der Waals surface area contributed by atoms with Gasteiger partial charge >= 0.3 is 0 Å². The second-order valence-electron chi connectivity index (χ2n) is 5.49. The van der Waals surface area contributed by atoms with Crippen molar-refractivity contribution in [3.63, 3.8) is 0 Å². The van der Waals surface area contributed by atoms with Gasteiger partial charge in [-0.15, -0.1) is 0 Å². The average molecular weight is 260 g/mol. The summed E-state index contributed by atoms with van der Waals surface area (Å²) in [5.41, 5.74) is 1.10. The van der Waals surface area contributed by atoms with Crippen LogP contribution in [-0.4, -0.2) is 6.04 Å². The van der Waals surface area contributed by atoms with Gasteiger partial charge < -0.3 is 5.32 Å². The van der Waals surface area contributed by atoms with E-state index in [2.05, 4.69) is 12.2 Å². The number of halogens is 1. The van der Waals surface area contributed by atoms with Crippen LogP contribution in [0.2, 0.25) is 0 Å². The largest absolute Gasteiger partial charge is 0.310 e. The topological polar surface area (TPSA) is 35.8 Å². The van der Waals surface area contributed by atoms with Gasteiger partial charge in [0.15, 0.2) is 0 Å². The monoisotopic (exact) mass is 260 g/mol. The van der Waals surface area contributed by atoms with E-state index in [4.69, 9.17) is 5.26 Å². The molecule has 1 saturated carbocycles. The van der Waals surface area contributed by atoms with Crippen LogP contribution in [0.4, 0.5) is 4.39 Å². The van der Waals surface area contributed by atoms with Gasteiger partial charge in [-0.3, -0.25) is 0 Å². The third-order valence-corrected chi connectivity index (χ3v) is 4.14. The summed E-state index contributed by atoms with van der Waals surface area (Å²) in [5, 5.41) is 12.3. The summed E-state index contributed by atoms with van der Waals surface area (Å²) in [4.78, 5) is 0. The second kappa shape index (κ2) is 6.68. The van der Waals surface area contributed by atoms with Crippen molar-refractivity contribution >= 4 is 0 Å². The fourth-order valence-corrected chi connectivity index (χ4v) is 2.85. The lowest BCUT2D eigenvalue weighted by Gasteiger charge is -2.28. The molecule has 0 amide bonds. The predicted octanol–water partition coefficient (Wildman–Crippen LogP) is 3.76. The lowest BCUT2D eigenvalue weighted by molar-refractivity contribution is 0.280. The van der Waals surface area contributed by atoms with E-state index >= 15 is 0 Å². The SMILES string of the molecule is C[C@H](NCc1ccc(F)c(C#N)c1)C1CCCCC1. The molecular formula is C16H21FN2. The Hall–Kier alpha value is -1.40. The zero-order chi connectivity index (χ0) is 13.7. The maximum Gasteiger partial charge on any atom is 0.140 e. The van der Waals surface area contributed by atoms with Gasteiger partial charge in [0.1, 0.15) is 11.9 Å². The van der Waals surface area contributed by atoms with Crippen molar-refractivity contribution in [1.29, 1.82) is 5.26 Å². The Morgan fingerprint density at radius 1 is 1.37 bits per heavy atom. The second-order valence-corrected chi connectivity index (χ2v) is 5.49. The summed E-state index contributed by atoms with van der Waals surface area (Å²) in [7, 11) is 0. The van der Waals surface area contributed by atoms with E-state index in [9.17, 15) is 4.39 Å². The van der Waals surface area contributed by atoms with Crippen LogP contribution in [-0.2, 0) is 6.54 Å². The zero-order valence-corrected chi connectivity index (χ0v) is 11.5. The highest BCUT2D eigenvalue weighted by atomic mass is 19.1. The van der Waals surface area contributed by atoms with Crippen LogP contribution in [0.3, 0.4) is 0 Å². The molecule has 2 rings (SSSR count). The number of nitrogens with zero attached hydrogens (tertiary/aromatic N) is 1. The summed E-state index contributed by atoms with van der Waals surface area (Å²) < 4.78 is 13.2. The Balaban J connectivity index is 1.89. The fourth-order valence-electron chi connectivity index (χ4n) is 2.85. The van der Waals surface area contributed by atoms with Gasteiger partial charge in [-0.05, 0) is 43.4 Å². The first kappa shape index (κ1) is 14.0. The van der Waals surface area contributed by atoms with Crippen LogP contribution in [0, 0.1) is 23.1 Å². The molecule has 1 aliphatic rings. The van der Waals surface area contributed by atoms with E-state index in [1.165, 1.54) is 38.2 Å². The molecule has 0 bridgehead atoms.